The van der Waals surface area contributed by atoms with Crippen molar-refractivity contribution in [3.8, 4) is 11.5 Å². The number of hydrogen-bond donors (Lipinski definition) is 2. The number of rotatable bonds is 6. The molecule has 0 amide bonds. The Balaban J connectivity index is 2.67. The van der Waals surface area contributed by atoms with E-state index in [1.807, 2.05) is 0 Å². The molecule has 0 saturated carbocycles. The van der Waals surface area contributed by atoms with E-state index >= 15 is 0 Å². The quantitative estimate of drug-likeness (QED) is 0.536. The summed E-state index contributed by atoms with van der Waals surface area (Å²) in [5, 5.41) is 21.5. The van der Waals surface area contributed by atoms with Gasteiger partial charge in [-0.25, -0.2) is 0 Å². The van der Waals surface area contributed by atoms with E-state index in [4.69, 9.17) is 0 Å². The number of phenols is 2. The van der Waals surface area contributed by atoms with Crippen LogP contribution < -0.4 is 0 Å². The van der Waals surface area contributed by atoms with Crippen LogP contribution in [0.5, 0.6) is 11.5 Å². The Hall–Kier alpha value is -1.96. The predicted molar refractivity (Wildman–Crippen MR) is 120 cm³/mol. The van der Waals surface area contributed by atoms with Crippen LogP contribution in [0.15, 0.2) is 24.3 Å². The highest BCUT2D eigenvalue weighted by atomic mass is 16.3. The first-order valence-electron chi connectivity index (χ1n) is 10.7. The van der Waals surface area contributed by atoms with E-state index in [-0.39, 0.29) is 29.6 Å². The molecule has 0 bridgehead atoms. The number of hydrogen-bond acceptors (Lipinski definition) is 2. The van der Waals surface area contributed by atoms with Gasteiger partial charge in [0.1, 0.15) is 11.5 Å². The summed E-state index contributed by atoms with van der Waals surface area (Å²) in [6, 6.07) is 8.64. The molecule has 0 aliphatic rings. The molecule has 2 aromatic rings. The Bertz CT molecular complexity index is 701. The van der Waals surface area contributed by atoms with Gasteiger partial charge in [0.2, 0.25) is 0 Å². The summed E-state index contributed by atoms with van der Waals surface area (Å²) in [7, 11) is 0. The molecule has 0 aromatic heterocycles. The van der Waals surface area contributed by atoms with Gasteiger partial charge in [-0.3, -0.25) is 0 Å². The first kappa shape index (κ1) is 22.3. The summed E-state index contributed by atoms with van der Waals surface area (Å²) >= 11 is 0. The summed E-state index contributed by atoms with van der Waals surface area (Å²) in [6.07, 6.45) is 0. The van der Waals surface area contributed by atoms with E-state index in [0.717, 1.165) is 22.3 Å². The van der Waals surface area contributed by atoms with Crippen molar-refractivity contribution in [3.05, 3.63) is 57.6 Å². The smallest absolute Gasteiger partial charge is 0.122 e. The molecule has 0 spiro atoms. The van der Waals surface area contributed by atoms with Crippen LogP contribution in [0.1, 0.15) is 125 Å². The zero-order valence-corrected chi connectivity index (χ0v) is 19.1. The molecule has 28 heavy (non-hydrogen) atoms. The number of benzene rings is 2. The molecule has 154 valence electrons. The molecule has 0 saturated heterocycles. The zero-order valence-electron chi connectivity index (χ0n) is 19.1. The van der Waals surface area contributed by atoms with Crippen molar-refractivity contribution < 1.29 is 10.2 Å². The molecule has 0 radical (unpaired) electrons. The zero-order chi connectivity index (χ0) is 21.3. The monoisotopic (exact) mass is 382 g/mol. The van der Waals surface area contributed by atoms with Crippen molar-refractivity contribution in [2.45, 2.75) is 91.9 Å². The predicted octanol–water partition coefficient (Wildman–Crippen LogP) is 7.74. The molecule has 2 aromatic carbocycles. The maximum Gasteiger partial charge on any atom is 0.122 e. The van der Waals surface area contributed by atoms with E-state index in [0.29, 0.717) is 11.5 Å². The van der Waals surface area contributed by atoms with E-state index in [2.05, 4.69) is 86.6 Å². The van der Waals surface area contributed by atoms with Crippen LogP contribution in [0, 0.1) is 0 Å². The lowest BCUT2D eigenvalue weighted by atomic mass is 9.82. The van der Waals surface area contributed by atoms with Crippen LogP contribution in [0.2, 0.25) is 0 Å². The van der Waals surface area contributed by atoms with E-state index in [1.54, 1.807) is 0 Å². The Labute approximate surface area is 171 Å². The van der Waals surface area contributed by atoms with Gasteiger partial charge in [-0.2, -0.15) is 0 Å². The van der Waals surface area contributed by atoms with E-state index in [9.17, 15) is 10.2 Å². The fourth-order valence-electron chi connectivity index (χ4n) is 3.86. The van der Waals surface area contributed by atoms with Gasteiger partial charge >= 0.3 is 0 Å². The standard InChI is InChI=1S/C26H38O2/c1-14(2)21-10-19(11-22(15(3)4)25(21)27)18(9)20-12-23(16(5)6)26(28)24(13-20)17(7)8/h10-18,27-28H,1-9H3. The summed E-state index contributed by atoms with van der Waals surface area (Å²) < 4.78 is 0. The maximum absolute atomic E-state index is 10.7. The third-order valence-electron chi connectivity index (χ3n) is 5.87. The van der Waals surface area contributed by atoms with Crippen molar-refractivity contribution >= 4 is 0 Å². The average molecular weight is 383 g/mol. The number of aromatic hydroxyl groups is 2. The van der Waals surface area contributed by atoms with Gasteiger partial charge in [-0.05, 0) is 57.1 Å². The Morgan fingerprint density at radius 3 is 0.857 bits per heavy atom. The van der Waals surface area contributed by atoms with Gasteiger partial charge in [0, 0.05) is 5.92 Å². The molecule has 2 heteroatoms. The topological polar surface area (TPSA) is 40.5 Å². The van der Waals surface area contributed by atoms with Gasteiger partial charge in [-0.15, -0.1) is 0 Å². The first-order valence-corrected chi connectivity index (χ1v) is 10.7. The van der Waals surface area contributed by atoms with Crippen LogP contribution in [-0.4, -0.2) is 10.2 Å². The minimum absolute atomic E-state index is 0.186. The molecule has 0 fully saturated rings. The lowest BCUT2D eigenvalue weighted by Crippen LogP contribution is -2.05. The third-order valence-corrected chi connectivity index (χ3v) is 5.87. The molecule has 0 atom stereocenters. The van der Waals surface area contributed by atoms with Gasteiger partial charge in [0.15, 0.2) is 0 Å². The van der Waals surface area contributed by atoms with Crippen LogP contribution in [0.3, 0.4) is 0 Å². The number of phenolic OH excluding ortho intramolecular Hbond substituents is 2. The highest BCUT2D eigenvalue weighted by molar-refractivity contribution is 5.52. The van der Waals surface area contributed by atoms with Crippen LogP contribution in [-0.2, 0) is 0 Å². The van der Waals surface area contributed by atoms with Gasteiger partial charge < -0.3 is 10.2 Å². The largest absolute Gasteiger partial charge is 0.507 e. The second-order valence-corrected chi connectivity index (χ2v) is 9.44. The van der Waals surface area contributed by atoms with E-state index in [1.165, 1.54) is 11.1 Å². The average Bonchev–Trinajstić information content (AvgIpc) is 2.60. The molecular formula is C26H38O2. The lowest BCUT2D eigenvalue weighted by Gasteiger charge is -2.23. The van der Waals surface area contributed by atoms with Crippen LogP contribution >= 0.6 is 0 Å². The fraction of sp³-hybridized carbons (Fsp3) is 0.538. The Morgan fingerprint density at radius 1 is 0.464 bits per heavy atom. The molecule has 2 N–H and O–H groups in total. The van der Waals surface area contributed by atoms with Gasteiger partial charge in [0.05, 0.1) is 0 Å². The molecule has 2 rings (SSSR count). The summed E-state index contributed by atoms with van der Waals surface area (Å²) in [4.78, 5) is 0. The molecule has 0 heterocycles. The molecule has 0 aliphatic heterocycles. The maximum atomic E-state index is 10.7. The molecular weight excluding hydrogens is 344 g/mol. The van der Waals surface area contributed by atoms with Crippen LogP contribution in [0.25, 0.3) is 0 Å². The van der Waals surface area contributed by atoms with Crippen molar-refractivity contribution in [1.82, 2.24) is 0 Å². The summed E-state index contributed by atoms with van der Waals surface area (Å²) in [6.45, 7) is 19.2. The highest BCUT2D eigenvalue weighted by Crippen LogP contribution is 2.41. The minimum Gasteiger partial charge on any atom is -0.507 e. The van der Waals surface area contributed by atoms with Crippen molar-refractivity contribution in [1.29, 1.82) is 0 Å². The normalized spacial score (nSPS) is 12.2. The second kappa shape index (κ2) is 8.59. The molecule has 0 aliphatic carbocycles. The summed E-state index contributed by atoms with van der Waals surface area (Å²) in [5.74, 6) is 2.13. The van der Waals surface area contributed by atoms with Crippen LogP contribution in [0.4, 0.5) is 0 Å². The van der Waals surface area contributed by atoms with Crippen molar-refractivity contribution in [3.63, 3.8) is 0 Å². The van der Waals surface area contributed by atoms with Gasteiger partial charge in [-0.1, -0.05) is 86.6 Å². The molecule has 0 unspecified atom stereocenters. The fourth-order valence-corrected chi connectivity index (χ4v) is 3.86. The minimum atomic E-state index is 0.186. The second-order valence-electron chi connectivity index (χ2n) is 9.44. The lowest BCUT2D eigenvalue weighted by molar-refractivity contribution is 0.454. The third kappa shape index (κ3) is 4.37. The molecule has 2 nitrogen and oxygen atoms in total. The van der Waals surface area contributed by atoms with E-state index < -0.39 is 0 Å². The Kier molecular flexibility index (Phi) is 6.85. The van der Waals surface area contributed by atoms with Crippen molar-refractivity contribution in [2.24, 2.45) is 0 Å². The van der Waals surface area contributed by atoms with Gasteiger partial charge in [0.25, 0.3) is 0 Å². The summed E-state index contributed by atoms with van der Waals surface area (Å²) in [5.41, 5.74) is 6.50. The Morgan fingerprint density at radius 2 is 0.679 bits per heavy atom. The SMILES string of the molecule is CC(C)c1cc(C(C)c2cc(C(C)C)c(O)c(C(C)C)c2)cc(C(C)C)c1O. The van der Waals surface area contributed by atoms with Crippen molar-refractivity contribution in [2.75, 3.05) is 0 Å². The highest BCUT2D eigenvalue weighted by Gasteiger charge is 2.21. The first-order chi connectivity index (χ1) is 13.0.